The Balaban J connectivity index is 1.70. The van der Waals surface area contributed by atoms with Crippen LogP contribution in [0, 0.1) is 19.3 Å². The summed E-state index contributed by atoms with van der Waals surface area (Å²) in [5.41, 5.74) is 2.67. The third kappa shape index (κ3) is 4.29. The van der Waals surface area contributed by atoms with E-state index in [9.17, 15) is 9.59 Å². The SMILES string of the molecule is COc1cccc(CN2CC(=O)N(/C(C=N)=C/NCc3c(C)noc3C)C2=O)c1. The second-order valence-corrected chi connectivity index (χ2v) is 6.62. The van der Waals surface area contributed by atoms with Crippen molar-refractivity contribution in [1.29, 1.82) is 5.41 Å². The first-order chi connectivity index (χ1) is 13.9. The molecule has 0 bridgehead atoms. The van der Waals surface area contributed by atoms with Crippen LogP contribution in [0.1, 0.15) is 22.6 Å². The summed E-state index contributed by atoms with van der Waals surface area (Å²) < 4.78 is 10.3. The van der Waals surface area contributed by atoms with Crippen LogP contribution in [0.25, 0.3) is 0 Å². The van der Waals surface area contributed by atoms with Crippen molar-refractivity contribution in [1.82, 2.24) is 20.3 Å². The van der Waals surface area contributed by atoms with Crippen molar-refractivity contribution in [2.45, 2.75) is 26.9 Å². The molecule has 1 aromatic carbocycles. The lowest BCUT2D eigenvalue weighted by Crippen LogP contribution is -2.33. The van der Waals surface area contributed by atoms with Gasteiger partial charge in [0.05, 0.1) is 18.5 Å². The average molecular weight is 397 g/mol. The number of methoxy groups -OCH3 is 1. The van der Waals surface area contributed by atoms with Gasteiger partial charge in [-0.1, -0.05) is 17.3 Å². The van der Waals surface area contributed by atoms with Gasteiger partial charge in [-0.3, -0.25) is 4.79 Å². The van der Waals surface area contributed by atoms with Crippen molar-refractivity contribution in [2.75, 3.05) is 13.7 Å². The van der Waals surface area contributed by atoms with Crippen LogP contribution in [0.15, 0.2) is 40.7 Å². The highest BCUT2D eigenvalue weighted by molar-refractivity contribution is 6.07. The van der Waals surface area contributed by atoms with Gasteiger partial charge in [-0.15, -0.1) is 0 Å². The number of urea groups is 1. The molecule has 1 fully saturated rings. The molecule has 1 aromatic heterocycles. The first-order valence-electron chi connectivity index (χ1n) is 9.05. The molecule has 29 heavy (non-hydrogen) atoms. The van der Waals surface area contributed by atoms with Gasteiger partial charge in [0.25, 0.3) is 5.91 Å². The van der Waals surface area contributed by atoms with Crippen LogP contribution in [-0.2, 0) is 17.9 Å². The fourth-order valence-electron chi connectivity index (χ4n) is 3.10. The van der Waals surface area contributed by atoms with Crippen molar-refractivity contribution in [3.05, 3.63) is 58.7 Å². The van der Waals surface area contributed by atoms with Crippen molar-refractivity contribution in [3.63, 3.8) is 0 Å². The summed E-state index contributed by atoms with van der Waals surface area (Å²) >= 11 is 0. The number of benzene rings is 1. The highest BCUT2D eigenvalue weighted by atomic mass is 16.5. The largest absolute Gasteiger partial charge is 0.497 e. The van der Waals surface area contributed by atoms with E-state index in [1.54, 1.807) is 7.11 Å². The summed E-state index contributed by atoms with van der Waals surface area (Å²) in [5, 5.41) is 14.5. The van der Waals surface area contributed by atoms with Gasteiger partial charge in [0.2, 0.25) is 0 Å². The number of rotatable bonds is 8. The van der Waals surface area contributed by atoms with E-state index < -0.39 is 6.03 Å². The van der Waals surface area contributed by atoms with Crippen molar-refractivity contribution in [3.8, 4) is 5.75 Å². The van der Waals surface area contributed by atoms with Crippen molar-refractivity contribution in [2.24, 2.45) is 0 Å². The van der Waals surface area contributed by atoms with Gasteiger partial charge in [-0.25, -0.2) is 9.69 Å². The monoisotopic (exact) mass is 397 g/mol. The van der Waals surface area contributed by atoms with Gasteiger partial charge in [0.1, 0.15) is 18.1 Å². The van der Waals surface area contributed by atoms with Crippen LogP contribution >= 0.6 is 0 Å². The van der Waals surface area contributed by atoms with Gasteiger partial charge >= 0.3 is 6.03 Å². The highest BCUT2D eigenvalue weighted by Crippen LogP contribution is 2.20. The number of nitrogens with zero attached hydrogens (tertiary/aromatic N) is 3. The van der Waals surface area contributed by atoms with E-state index in [0.717, 1.165) is 27.9 Å². The first-order valence-corrected chi connectivity index (χ1v) is 9.05. The molecule has 9 nitrogen and oxygen atoms in total. The summed E-state index contributed by atoms with van der Waals surface area (Å²) in [4.78, 5) is 27.7. The summed E-state index contributed by atoms with van der Waals surface area (Å²) in [6.45, 7) is 4.27. The lowest BCUT2D eigenvalue weighted by Gasteiger charge is -2.18. The number of carbonyl (C=O) groups is 2. The zero-order valence-electron chi connectivity index (χ0n) is 16.6. The van der Waals surface area contributed by atoms with E-state index in [4.69, 9.17) is 14.7 Å². The molecule has 0 aliphatic carbocycles. The maximum atomic E-state index is 12.8. The van der Waals surface area contributed by atoms with E-state index in [1.165, 1.54) is 11.1 Å². The molecule has 0 atom stereocenters. The van der Waals surface area contributed by atoms with E-state index in [-0.39, 0.29) is 24.7 Å². The quantitative estimate of drug-likeness (QED) is 0.522. The van der Waals surface area contributed by atoms with Gasteiger partial charge < -0.3 is 24.9 Å². The molecule has 152 valence electrons. The molecule has 0 saturated carbocycles. The maximum Gasteiger partial charge on any atom is 0.332 e. The second kappa shape index (κ2) is 8.59. The summed E-state index contributed by atoms with van der Waals surface area (Å²) in [6, 6.07) is 6.86. The normalized spacial score (nSPS) is 14.5. The standard InChI is InChI=1S/C20H23N5O4/c1-13-18(14(2)29-23-13)10-22-9-16(8-21)25-19(26)12-24(20(25)27)11-15-5-4-6-17(7-15)28-3/h4-9,21-22H,10-12H2,1-3H3/b16-9+,21-8?. The molecule has 3 rings (SSSR count). The Labute approximate surface area is 168 Å². The van der Waals surface area contributed by atoms with E-state index in [2.05, 4.69) is 10.5 Å². The van der Waals surface area contributed by atoms with Crippen LogP contribution in [0.3, 0.4) is 0 Å². The molecule has 0 spiro atoms. The fraction of sp³-hybridized carbons (Fsp3) is 0.300. The minimum atomic E-state index is -0.466. The molecule has 9 heteroatoms. The molecule has 2 aromatic rings. The molecule has 1 saturated heterocycles. The van der Waals surface area contributed by atoms with Crippen molar-refractivity contribution >= 4 is 18.2 Å². The van der Waals surface area contributed by atoms with Crippen LogP contribution in [-0.4, -0.2) is 46.8 Å². The zero-order chi connectivity index (χ0) is 21.0. The van der Waals surface area contributed by atoms with Crippen LogP contribution in [0.2, 0.25) is 0 Å². The fourth-order valence-corrected chi connectivity index (χ4v) is 3.10. The molecule has 2 N–H and O–H groups in total. The van der Waals surface area contributed by atoms with E-state index in [0.29, 0.717) is 18.1 Å². The Morgan fingerprint density at radius 2 is 2.17 bits per heavy atom. The predicted molar refractivity (Wildman–Crippen MR) is 105 cm³/mol. The summed E-state index contributed by atoms with van der Waals surface area (Å²) in [7, 11) is 1.57. The topological polar surface area (TPSA) is 112 Å². The molecule has 1 aliphatic rings. The molecular formula is C20H23N5O4. The number of nitrogens with one attached hydrogen (secondary N) is 2. The van der Waals surface area contributed by atoms with Crippen LogP contribution in [0.4, 0.5) is 4.79 Å². The third-order valence-electron chi connectivity index (χ3n) is 4.66. The second-order valence-electron chi connectivity index (χ2n) is 6.62. The summed E-state index contributed by atoms with van der Waals surface area (Å²) in [6.07, 6.45) is 2.45. The van der Waals surface area contributed by atoms with Gasteiger partial charge in [0.15, 0.2) is 0 Å². The minimum Gasteiger partial charge on any atom is -0.497 e. The molecule has 1 aliphatic heterocycles. The van der Waals surface area contributed by atoms with Gasteiger partial charge in [-0.05, 0) is 31.5 Å². The summed E-state index contributed by atoms with van der Waals surface area (Å²) in [5.74, 6) is 0.991. The lowest BCUT2D eigenvalue weighted by molar-refractivity contribution is -0.123. The molecular weight excluding hydrogens is 374 g/mol. The van der Waals surface area contributed by atoms with Gasteiger partial charge in [-0.2, -0.15) is 0 Å². The van der Waals surface area contributed by atoms with Gasteiger partial charge in [0, 0.05) is 31.1 Å². The average Bonchev–Trinajstić information content (AvgIpc) is 3.18. The smallest absolute Gasteiger partial charge is 0.332 e. The Kier molecular flexibility index (Phi) is 5.96. The Morgan fingerprint density at radius 3 is 2.83 bits per heavy atom. The lowest BCUT2D eigenvalue weighted by atomic mass is 10.2. The number of hydrogen-bond acceptors (Lipinski definition) is 7. The zero-order valence-corrected chi connectivity index (χ0v) is 16.6. The van der Waals surface area contributed by atoms with Crippen LogP contribution < -0.4 is 10.1 Å². The number of carbonyl (C=O) groups excluding carboxylic acids is 2. The highest BCUT2D eigenvalue weighted by Gasteiger charge is 2.37. The van der Waals surface area contributed by atoms with Crippen LogP contribution in [0.5, 0.6) is 5.75 Å². The number of ether oxygens (including phenoxy) is 1. The Hall–Kier alpha value is -3.62. The Morgan fingerprint density at radius 1 is 1.38 bits per heavy atom. The number of hydrogen-bond donors (Lipinski definition) is 2. The predicted octanol–water partition coefficient (Wildman–Crippen LogP) is 2.35. The number of aryl methyl sites for hydroxylation is 2. The van der Waals surface area contributed by atoms with E-state index in [1.807, 2.05) is 38.1 Å². The minimum absolute atomic E-state index is 0.0505. The first kappa shape index (κ1) is 20.1. The third-order valence-corrected chi connectivity index (χ3v) is 4.66. The molecule has 3 amide bonds. The maximum absolute atomic E-state index is 12.8. The number of amides is 3. The number of allylic oxidation sites excluding steroid dienone is 1. The van der Waals surface area contributed by atoms with Crippen molar-refractivity contribution < 1.29 is 18.8 Å². The molecule has 2 heterocycles. The number of aromatic nitrogens is 1. The molecule has 0 unspecified atom stereocenters. The van der Waals surface area contributed by atoms with E-state index >= 15 is 0 Å². The Bertz CT molecular complexity index is 946. The number of imide groups is 1. The molecule has 0 radical (unpaired) electrons.